The molecule has 8 nitrogen and oxygen atoms in total. The quantitative estimate of drug-likeness (QED) is 0.148. The number of carbonyl (C=O) groups excluding carboxylic acids is 4. The van der Waals surface area contributed by atoms with E-state index in [9.17, 15) is 19.2 Å². The molecule has 0 aliphatic heterocycles. The summed E-state index contributed by atoms with van der Waals surface area (Å²) in [5, 5.41) is 1.06. The van der Waals surface area contributed by atoms with E-state index in [0.717, 1.165) is 5.56 Å². The molecular weight excluding hydrogens is 570 g/mol. The van der Waals surface area contributed by atoms with E-state index in [0.29, 0.717) is 32.7 Å². The van der Waals surface area contributed by atoms with Crippen molar-refractivity contribution in [2.45, 2.75) is 65.6 Å². The second-order valence-electron chi connectivity index (χ2n) is 11.2. The minimum atomic E-state index is -0.691. The van der Waals surface area contributed by atoms with Gasteiger partial charge in [0.2, 0.25) is 0 Å². The van der Waals surface area contributed by atoms with Crippen molar-refractivity contribution >= 4 is 46.3 Å². The number of halogens is 1. The van der Waals surface area contributed by atoms with Crippen LogP contribution in [0.25, 0.3) is 10.9 Å². The minimum Gasteiger partial charge on any atom is -0.460 e. The Morgan fingerprint density at radius 2 is 1.51 bits per heavy atom. The van der Waals surface area contributed by atoms with Crippen molar-refractivity contribution < 1.29 is 33.4 Å². The number of hydrogen-bond acceptors (Lipinski definition) is 7. The minimum absolute atomic E-state index is 0.0939. The molecule has 0 saturated carbocycles. The summed E-state index contributed by atoms with van der Waals surface area (Å²) in [5.74, 6) is -1.69. The van der Waals surface area contributed by atoms with Crippen LogP contribution in [0.3, 0.4) is 0 Å². The third-order valence-electron chi connectivity index (χ3n) is 6.68. The molecule has 0 N–H and O–H groups in total. The number of benzene rings is 3. The maximum Gasteiger partial charge on any atom is 0.311 e. The highest BCUT2D eigenvalue weighted by atomic mass is 35.5. The zero-order valence-corrected chi connectivity index (χ0v) is 25.6. The number of aromatic nitrogens is 1. The topological polar surface area (TPSA) is 101 Å². The van der Waals surface area contributed by atoms with Crippen LogP contribution in [0.4, 0.5) is 0 Å². The summed E-state index contributed by atoms with van der Waals surface area (Å²) in [4.78, 5) is 51.4. The first-order valence-electron chi connectivity index (χ1n) is 13.9. The Hall–Kier alpha value is -4.43. The van der Waals surface area contributed by atoms with Crippen LogP contribution in [0.5, 0.6) is 5.75 Å². The van der Waals surface area contributed by atoms with Gasteiger partial charge >= 0.3 is 17.9 Å². The van der Waals surface area contributed by atoms with Crippen molar-refractivity contribution in [3.05, 3.63) is 100 Å². The van der Waals surface area contributed by atoms with Crippen LogP contribution in [0.2, 0.25) is 5.02 Å². The predicted molar refractivity (Wildman–Crippen MR) is 163 cm³/mol. The summed E-state index contributed by atoms with van der Waals surface area (Å²) < 4.78 is 18.0. The van der Waals surface area contributed by atoms with E-state index in [-0.39, 0.29) is 30.9 Å². The fraction of sp³-hybridized carbons (Fsp3) is 0.294. The Labute approximate surface area is 255 Å². The summed E-state index contributed by atoms with van der Waals surface area (Å²) in [6.07, 6.45) is -0.868. The molecule has 0 amide bonds. The summed E-state index contributed by atoms with van der Waals surface area (Å²) in [7, 11) is 0. The zero-order valence-electron chi connectivity index (χ0n) is 24.8. The van der Waals surface area contributed by atoms with E-state index in [1.165, 1.54) is 4.57 Å². The highest BCUT2D eigenvalue weighted by Gasteiger charge is 2.25. The Morgan fingerprint density at radius 1 is 0.860 bits per heavy atom. The Bertz CT molecular complexity index is 1650. The third kappa shape index (κ3) is 8.11. The second-order valence-corrected chi connectivity index (χ2v) is 11.6. The van der Waals surface area contributed by atoms with Gasteiger partial charge in [-0.1, -0.05) is 41.9 Å². The Balaban J connectivity index is 1.55. The first-order chi connectivity index (χ1) is 20.3. The number of carbonyl (C=O) groups is 4. The average molecular weight is 604 g/mol. The molecule has 4 rings (SSSR count). The number of ether oxygens (including phenoxy) is 3. The molecule has 43 heavy (non-hydrogen) atoms. The molecule has 9 heteroatoms. The molecule has 3 aromatic carbocycles. The van der Waals surface area contributed by atoms with Crippen LogP contribution in [-0.2, 0) is 30.3 Å². The fourth-order valence-corrected chi connectivity index (χ4v) is 4.82. The maximum absolute atomic E-state index is 13.6. The SMILES string of the molecule is Cc1c(CC(=O)OC(C)(C)C)c2cc(OC(=O)CCC(=O)OC(C)c3ccccc3)ccc2n1C(=O)c1ccc(Cl)cc1. The van der Waals surface area contributed by atoms with Crippen LogP contribution in [0, 0.1) is 6.92 Å². The van der Waals surface area contributed by atoms with E-state index in [1.54, 1.807) is 77.1 Å². The lowest BCUT2D eigenvalue weighted by Crippen LogP contribution is -2.25. The van der Waals surface area contributed by atoms with Gasteiger partial charge in [0, 0.05) is 21.7 Å². The van der Waals surface area contributed by atoms with Gasteiger partial charge in [-0.05, 0) is 88.2 Å². The maximum atomic E-state index is 13.6. The largest absolute Gasteiger partial charge is 0.460 e. The average Bonchev–Trinajstić information content (AvgIpc) is 3.21. The second kappa shape index (κ2) is 13.3. The van der Waals surface area contributed by atoms with Crippen molar-refractivity contribution in [3.63, 3.8) is 0 Å². The molecule has 0 bridgehead atoms. The van der Waals surface area contributed by atoms with Crippen LogP contribution in [0.1, 0.15) is 73.8 Å². The molecule has 1 atom stereocenters. The number of fused-ring (bicyclic) bond motifs is 1. The first-order valence-corrected chi connectivity index (χ1v) is 14.3. The molecule has 0 fully saturated rings. The van der Waals surface area contributed by atoms with Gasteiger partial charge in [0.1, 0.15) is 17.5 Å². The van der Waals surface area contributed by atoms with Crippen molar-refractivity contribution in [1.29, 1.82) is 0 Å². The van der Waals surface area contributed by atoms with Crippen LogP contribution >= 0.6 is 11.6 Å². The lowest BCUT2D eigenvalue weighted by atomic mass is 10.1. The lowest BCUT2D eigenvalue weighted by molar-refractivity contribution is -0.154. The lowest BCUT2D eigenvalue weighted by Gasteiger charge is -2.19. The number of esters is 3. The summed E-state index contributed by atoms with van der Waals surface area (Å²) in [6, 6.07) is 20.7. The molecule has 1 aromatic heterocycles. The van der Waals surface area contributed by atoms with Crippen molar-refractivity contribution in [2.24, 2.45) is 0 Å². The van der Waals surface area contributed by atoms with E-state index in [4.69, 9.17) is 25.8 Å². The molecule has 0 radical (unpaired) electrons. The molecule has 1 heterocycles. The summed E-state index contributed by atoms with van der Waals surface area (Å²) in [6.45, 7) is 8.85. The van der Waals surface area contributed by atoms with Crippen molar-refractivity contribution in [1.82, 2.24) is 4.57 Å². The number of nitrogens with zero attached hydrogens (tertiary/aromatic N) is 1. The normalized spacial score (nSPS) is 12.0. The van der Waals surface area contributed by atoms with E-state index in [2.05, 4.69) is 0 Å². The van der Waals surface area contributed by atoms with E-state index >= 15 is 0 Å². The third-order valence-corrected chi connectivity index (χ3v) is 6.94. The van der Waals surface area contributed by atoms with Gasteiger partial charge in [-0.15, -0.1) is 0 Å². The molecular formula is C34H34ClNO7. The first kappa shape index (κ1) is 31.5. The Morgan fingerprint density at radius 3 is 2.16 bits per heavy atom. The summed E-state index contributed by atoms with van der Waals surface area (Å²) in [5.41, 5.74) is 2.24. The number of hydrogen-bond donors (Lipinski definition) is 0. The smallest absolute Gasteiger partial charge is 0.311 e. The standard InChI is InChI=1S/C34H34ClNO7/c1-21-27(20-32(39)43-34(3,4)5)28-19-26(15-16-29(28)36(21)33(40)24-11-13-25(35)14-12-24)42-31(38)18-17-30(37)41-22(2)23-9-7-6-8-10-23/h6-16,19,22H,17-18,20H2,1-5H3. The van der Waals surface area contributed by atoms with E-state index in [1.807, 2.05) is 30.3 Å². The number of rotatable bonds is 9. The van der Waals surface area contributed by atoms with Gasteiger partial charge in [-0.3, -0.25) is 23.7 Å². The van der Waals surface area contributed by atoms with Gasteiger partial charge in [-0.25, -0.2) is 0 Å². The molecule has 0 aliphatic carbocycles. The van der Waals surface area contributed by atoms with Gasteiger partial charge in [0.15, 0.2) is 0 Å². The molecule has 0 saturated heterocycles. The monoisotopic (exact) mass is 603 g/mol. The highest BCUT2D eigenvalue weighted by molar-refractivity contribution is 6.30. The summed E-state index contributed by atoms with van der Waals surface area (Å²) >= 11 is 6.01. The van der Waals surface area contributed by atoms with Gasteiger partial charge < -0.3 is 14.2 Å². The highest BCUT2D eigenvalue weighted by Crippen LogP contribution is 2.32. The van der Waals surface area contributed by atoms with Gasteiger partial charge in [0.25, 0.3) is 5.91 Å². The predicted octanol–water partition coefficient (Wildman–Crippen LogP) is 7.17. The van der Waals surface area contributed by atoms with Crippen LogP contribution in [-0.4, -0.2) is 34.0 Å². The molecule has 0 spiro atoms. The molecule has 224 valence electrons. The van der Waals surface area contributed by atoms with Gasteiger partial charge in [0.05, 0.1) is 24.8 Å². The van der Waals surface area contributed by atoms with Gasteiger partial charge in [-0.2, -0.15) is 0 Å². The van der Waals surface area contributed by atoms with Crippen LogP contribution < -0.4 is 4.74 Å². The van der Waals surface area contributed by atoms with E-state index < -0.39 is 29.6 Å². The Kier molecular flexibility index (Phi) is 9.71. The molecule has 1 unspecified atom stereocenters. The molecule has 0 aliphatic rings. The zero-order chi connectivity index (χ0) is 31.3. The van der Waals surface area contributed by atoms with Crippen molar-refractivity contribution in [2.75, 3.05) is 0 Å². The van der Waals surface area contributed by atoms with Crippen molar-refractivity contribution in [3.8, 4) is 5.75 Å². The molecule has 4 aromatic rings. The fourth-order valence-electron chi connectivity index (χ4n) is 4.69. The van der Waals surface area contributed by atoms with Crippen LogP contribution in [0.15, 0.2) is 72.8 Å².